The normalized spacial score (nSPS) is 18.7. The van der Waals surface area contributed by atoms with E-state index in [0.29, 0.717) is 5.92 Å². The molecule has 0 saturated heterocycles. The summed E-state index contributed by atoms with van der Waals surface area (Å²) in [4.78, 5) is 0. The van der Waals surface area contributed by atoms with Crippen LogP contribution in [0.1, 0.15) is 69.4 Å². The Labute approximate surface area is 131 Å². The summed E-state index contributed by atoms with van der Waals surface area (Å²) in [6.45, 7) is 9.08. The fraction of sp³-hybridized carbons (Fsp3) is 0.700. The summed E-state index contributed by atoms with van der Waals surface area (Å²) in [5.41, 5.74) is 2.95. The molecule has 1 atom stereocenters. The second-order valence-electron chi connectivity index (χ2n) is 7.32. The molecule has 1 heteroatoms. The van der Waals surface area contributed by atoms with Gasteiger partial charge in [0.1, 0.15) is 0 Å². The third-order valence-corrected chi connectivity index (χ3v) is 4.86. The van der Waals surface area contributed by atoms with Crippen LogP contribution in [0, 0.1) is 18.8 Å². The third-order valence-electron chi connectivity index (χ3n) is 4.86. The minimum absolute atomic E-state index is 0.696. The van der Waals surface area contributed by atoms with Crippen molar-refractivity contribution in [3.63, 3.8) is 0 Å². The first-order valence-electron chi connectivity index (χ1n) is 8.94. The largest absolute Gasteiger partial charge is 0.316 e. The lowest BCUT2D eigenvalue weighted by molar-refractivity contribution is 0.355. The molecule has 1 saturated carbocycles. The van der Waals surface area contributed by atoms with Gasteiger partial charge in [-0.05, 0) is 49.6 Å². The van der Waals surface area contributed by atoms with Crippen molar-refractivity contribution in [1.29, 1.82) is 0 Å². The molecule has 0 spiro atoms. The average molecular weight is 287 g/mol. The number of rotatable bonds is 6. The molecule has 1 N–H and O–H groups in total. The smallest absolute Gasteiger partial charge is 0.00229 e. The van der Waals surface area contributed by atoms with Crippen molar-refractivity contribution < 1.29 is 0 Å². The Morgan fingerprint density at radius 1 is 1.05 bits per heavy atom. The maximum Gasteiger partial charge on any atom is 0.00229 e. The molecule has 1 aliphatic rings. The maximum absolute atomic E-state index is 3.72. The maximum atomic E-state index is 3.72. The Morgan fingerprint density at radius 2 is 1.76 bits per heavy atom. The van der Waals surface area contributed by atoms with E-state index in [4.69, 9.17) is 0 Å². The van der Waals surface area contributed by atoms with E-state index >= 15 is 0 Å². The molecule has 1 aliphatic carbocycles. The summed E-state index contributed by atoms with van der Waals surface area (Å²) in [5, 5.41) is 3.72. The summed E-state index contributed by atoms with van der Waals surface area (Å²) in [5.74, 6) is 2.30. The molecule has 1 nitrogen and oxygen atoms in total. The van der Waals surface area contributed by atoms with Crippen LogP contribution in [-0.4, -0.2) is 13.1 Å². The van der Waals surface area contributed by atoms with E-state index in [9.17, 15) is 0 Å². The Bertz CT molecular complexity index is 402. The summed E-state index contributed by atoms with van der Waals surface area (Å²) in [7, 11) is 0. The molecular weight excluding hydrogens is 254 g/mol. The minimum atomic E-state index is 0.696. The second kappa shape index (κ2) is 8.58. The molecule has 2 rings (SSSR count). The van der Waals surface area contributed by atoms with Gasteiger partial charge < -0.3 is 5.32 Å². The van der Waals surface area contributed by atoms with Gasteiger partial charge in [-0.3, -0.25) is 0 Å². The highest BCUT2D eigenvalue weighted by molar-refractivity contribution is 5.26. The van der Waals surface area contributed by atoms with Gasteiger partial charge in [0.05, 0.1) is 0 Å². The second-order valence-corrected chi connectivity index (χ2v) is 7.32. The Kier molecular flexibility index (Phi) is 6.76. The molecule has 0 heterocycles. The third kappa shape index (κ3) is 5.47. The topological polar surface area (TPSA) is 12.0 Å². The number of nitrogens with one attached hydrogen (secondary N) is 1. The summed E-state index contributed by atoms with van der Waals surface area (Å²) < 4.78 is 0. The van der Waals surface area contributed by atoms with Crippen LogP contribution in [0.5, 0.6) is 0 Å². The van der Waals surface area contributed by atoms with Gasteiger partial charge in [-0.2, -0.15) is 0 Å². The highest BCUT2D eigenvalue weighted by Crippen LogP contribution is 2.35. The van der Waals surface area contributed by atoms with E-state index in [0.717, 1.165) is 24.9 Å². The Hall–Kier alpha value is -0.820. The lowest BCUT2D eigenvalue weighted by atomic mass is 9.81. The van der Waals surface area contributed by atoms with E-state index in [1.807, 2.05) is 0 Å². The molecule has 0 aliphatic heterocycles. The van der Waals surface area contributed by atoms with Crippen molar-refractivity contribution in [3.05, 3.63) is 35.4 Å². The molecule has 1 aromatic rings. The number of hydrogen-bond donors (Lipinski definition) is 1. The number of benzene rings is 1. The van der Waals surface area contributed by atoms with Crippen LogP contribution in [0.25, 0.3) is 0 Å². The minimum Gasteiger partial charge on any atom is -0.316 e. The SMILES string of the molecule is Cc1cccc(C(CNCC(C)C)C2CCCCCC2)c1. The van der Waals surface area contributed by atoms with Crippen LogP contribution in [-0.2, 0) is 0 Å². The zero-order valence-corrected chi connectivity index (χ0v) is 14.2. The van der Waals surface area contributed by atoms with Crippen LogP contribution >= 0.6 is 0 Å². The first kappa shape index (κ1) is 16.5. The Balaban J connectivity index is 2.08. The zero-order chi connectivity index (χ0) is 15.1. The van der Waals surface area contributed by atoms with E-state index < -0.39 is 0 Å². The first-order chi connectivity index (χ1) is 10.2. The fourth-order valence-corrected chi connectivity index (χ4v) is 3.70. The molecular formula is C20H33N. The molecule has 118 valence electrons. The van der Waals surface area contributed by atoms with Crippen molar-refractivity contribution in [2.75, 3.05) is 13.1 Å². The quantitative estimate of drug-likeness (QED) is 0.701. The van der Waals surface area contributed by atoms with E-state index in [1.165, 1.54) is 44.1 Å². The average Bonchev–Trinajstić information content (AvgIpc) is 2.72. The van der Waals surface area contributed by atoms with Crippen LogP contribution in [0.3, 0.4) is 0 Å². The first-order valence-corrected chi connectivity index (χ1v) is 8.94. The van der Waals surface area contributed by atoms with Crippen LogP contribution in [0.2, 0.25) is 0 Å². The predicted octanol–water partition coefficient (Wildman–Crippen LogP) is 5.29. The lowest BCUT2D eigenvalue weighted by Gasteiger charge is -2.28. The standard InChI is InChI=1S/C20H33N/c1-16(2)14-21-15-20(18-10-6-4-5-7-11-18)19-12-8-9-17(3)13-19/h8-9,12-13,16,18,20-21H,4-7,10-11,14-15H2,1-3H3. The summed E-state index contributed by atoms with van der Waals surface area (Å²) in [6.07, 6.45) is 8.57. The van der Waals surface area contributed by atoms with Gasteiger partial charge in [0.15, 0.2) is 0 Å². The fourth-order valence-electron chi connectivity index (χ4n) is 3.70. The number of hydrogen-bond acceptors (Lipinski definition) is 1. The van der Waals surface area contributed by atoms with Gasteiger partial charge >= 0.3 is 0 Å². The molecule has 0 amide bonds. The van der Waals surface area contributed by atoms with Crippen LogP contribution in [0.4, 0.5) is 0 Å². The van der Waals surface area contributed by atoms with Crippen LogP contribution < -0.4 is 5.32 Å². The molecule has 0 radical (unpaired) electrons. The summed E-state index contributed by atoms with van der Waals surface area (Å²) in [6, 6.07) is 9.21. The molecule has 1 fully saturated rings. The van der Waals surface area contributed by atoms with Crippen molar-refractivity contribution in [2.24, 2.45) is 11.8 Å². The molecule has 21 heavy (non-hydrogen) atoms. The van der Waals surface area contributed by atoms with Gasteiger partial charge in [-0.25, -0.2) is 0 Å². The van der Waals surface area contributed by atoms with Crippen molar-refractivity contribution in [1.82, 2.24) is 5.32 Å². The highest BCUT2D eigenvalue weighted by atomic mass is 14.9. The molecule has 1 unspecified atom stereocenters. The molecule has 1 aromatic carbocycles. The number of aryl methyl sites for hydroxylation is 1. The molecule has 0 aromatic heterocycles. The van der Waals surface area contributed by atoms with E-state index in [-0.39, 0.29) is 0 Å². The van der Waals surface area contributed by atoms with Gasteiger partial charge in [0.25, 0.3) is 0 Å². The van der Waals surface area contributed by atoms with E-state index in [2.05, 4.69) is 50.4 Å². The van der Waals surface area contributed by atoms with Gasteiger partial charge in [-0.15, -0.1) is 0 Å². The lowest BCUT2D eigenvalue weighted by Crippen LogP contribution is -2.29. The van der Waals surface area contributed by atoms with Crippen LogP contribution in [0.15, 0.2) is 24.3 Å². The van der Waals surface area contributed by atoms with Gasteiger partial charge in [0, 0.05) is 6.54 Å². The summed E-state index contributed by atoms with van der Waals surface area (Å²) >= 11 is 0. The van der Waals surface area contributed by atoms with E-state index in [1.54, 1.807) is 5.56 Å². The van der Waals surface area contributed by atoms with Crippen molar-refractivity contribution >= 4 is 0 Å². The van der Waals surface area contributed by atoms with Crippen molar-refractivity contribution in [3.8, 4) is 0 Å². The predicted molar refractivity (Wildman–Crippen MR) is 92.8 cm³/mol. The zero-order valence-electron chi connectivity index (χ0n) is 14.2. The highest BCUT2D eigenvalue weighted by Gasteiger charge is 2.24. The monoisotopic (exact) mass is 287 g/mol. The van der Waals surface area contributed by atoms with Gasteiger partial charge in [0.2, 0.25) is 0 Å². The van der Waals surface area contributed by atoms with Gasteiger partial charge in [-0.1, -0.05) is 69.4 Å². The molecule has 0 bridgehead atoms. The van der Waals surface area contributed by atoms with Crippen molar-refractivity contribution in [2.45, 2.75) is 65.2 Å². The Morgan fingerprint density at radius 3 is 2.38 bits per heavy atom.